The van der Waals surface area contributed by atoms with Gasteiger partial charge in [-0.2, -0.15) is 0 Å². The smallest absolute Gasteiger partial charge is 0.256 e. The molecule has 27 heavy (non-hydrogen) atoms. The van der Waals surface area contributed by atoms with Crippen LogP contribution >= 0.6 is 12.4 Å². The van der Waals surface area contributed by atoms with Crippen LogP contribution in [0.3, 0.4) is 0 Å². The lowest BCUT2D eigenvalue weighted by atomic mass is 9.97. The molecule has 2 amide bonds. The van der Waals surface area contributed by atoms with Gasteiger partial charge in [-0.25, -0.2) is 4.39 Å². The highest BCUT2D eigenvalue weighted by atomic mass is 35.5. The molecule has 0 aliphatic carbocycles. The third-order valence-electron chi connectivity index (χ3n) is 5.15. The lowest BCUT2D eigenvalue weighted by Gasteiger charge is -2.33. The summed E-state index contributed by atoms with van der Waals surface area (Å²) in [7, 11) is 1.46. The lowest BCUT2D eigenvalue weighted by Crippen LogP contribution is -2.46. The van der Waals surface area contributed by atoms with Gasteiger partial charge in [0.25, 0.3) is 5.91 Å². The number of carbonyl (C=O) groups excluding carboxylic acids is 2. The predicted octanol–water partition coefficient (Wildman–Crippen LogP) is 1.98. The number of hydrogen-bond acceptors (Lipinski definition) is 4. The molecule has 2 aliphatic rings. The van der Waals surface area contributed by atoms with Gasteiger partial charge in [0.15, 0.2) is 0 Å². The highest BCUT2D eigenvalue weighted by molar-refractivity contribution is 5.94. The largest absolute Gasteiger partial charge is 0.497 e. The second kappa shape index (κ2) is 9.90. The molecule has 1 aromatic rings. The van der Waals surface area contributed by atoms with E-state index in [1.807, 2.05) is 0 Å². The molecule has 2 aliphatic heterocycles. The van der Waals surface area contributed by atoms with Crippen molar-refractivity contribution in [3.8, 4) is 5.75 Å². The number of likely N-dealkylation sites (tertiary alicyclic amines) is 1. The van der Waals surface area contributed by atoms with Gasteiger partial charge in [0, 0.05) is 25.7 Å². The molecule has 0 radical (unpaired) electrons. The van der Waals surface area contributed by atoms with E-state index in [4.69, 9.17) is 4.74 Å². The van der Waals surface area contributed by atoms with Crippen LogP contribution in [0, 0.1) is 11.7 Å². The first kappa shape index (κ1) is 21.4. The molecule has 2 unspecified atom stereocenters. The molecule has 2 fully saturated rings. The Hall–Kier alpha value is -1.86. The fourth-order valence-electron chi connectivity index (χ4n) is 3.66. The van der Waals surface area contributed by atoms with Crippen molar-refractivity contribution in [2.45, 2.75) is 31.7 Å². The maximum Gasteiger partial charge on any atom is 0.256 e. The highest BCUT2D eigenvalue weighted by Gasteiger charge is 2.28. The molecule has 2 saturated heterocycles. The molecule has 2 N–H and O–H groups in total. The number of halogens is 2. The predicted molar refractivity (Wildman–Crippen MR) is 103 cm³/mol. The van der Waals surface area contributed by atoms with Crippen LogP contribution in [0.15, 0.2) is 18.2 Å². The van der Waals surface area contributed by atoms with Crippen molar-refractivity contribution in [3.63, 3.8) is 0 Å². The van der Waals surface area contributed by atoms with Crippen LogP contribution in [0.5, 0.6) is 5.75 Å². The first-order valence-corrected chi connectivity index (χ1v) is 9.22. The summed E-state index contributed by atoms with van der Waals surface area (Å²) in [6.07, 6.45) is 3.70. The van der Waals surface area contributed by atoms with Crippen molar-refractivity contribution < 1.29 is 18.7 Å². The molecule has 6 nitrogen and oxygen atoms in total. The summed E-state index contributed by atoms with van der Waals surface area (Å²) in [6, 6.07) is 4.19. The Morgan fingerprint density at radius 1 is 1.33 bits per heavy atom. The van der Waals surface area contributed by atoms with Gasteiger partial charge in [-0.3, -0.25) is 9.59 Å². The summed E-state index contributed by atoms with van der Waals surface area (Å²) in [5, 5.41) is 6.17. The molecule has 2 heterocycles. The molecule has 150 valence electrons. The van der Waals surface area contributed by atoms with Crippen LogP contribution in [0.4, 0.5) is 4.39 Å². The minimum atomic E-state index is -0.572. The van der Waals surface area contributed by atoms with Crippen molar-refractivity contribution in [1.29, 1.82) is 0 Å². The van der Waals surface area contributed by atoms with E-state index in [9.17, 15) is 14.0 Å². The summed E-state index contributed by atoms with van der Waals surface area (Å²) >= 11 is 0. The number of benzene rings is 1. The van der Waals surface area contributed by atoms with Gasteiger partial charge in [-0.1, -0.05) is 0 Å². The van der Waals surface area contributed by atoms with E-state index in [0.717, 1.165) is 32.2 Å². The topological polar surface area (TPSA) is 70.7 Å². The SMILES string of the molecule is COc1ccc(C(=O)N2CCCC(CNC(=O)C3CCCN3)C2)c(F)c1.Cl. The molecule has 2 atom stereocenters. The number of nitrogens with zero attached hydrogens (tertiary/aromatic N) is 1. The van der Waals surface area contributed by atoms with Gasteiger partial charge in [0.2, 0.25) is 5.91 Å². The second-order valence-corrected chi connectivity index (χ2v) is 7.00. The summed E-state index contributed by atoms with van der Waals surface area (Å²) in [5.74, 6) is -0.263. The molecule has 0 aromatic heterocycles. The van der Waals surface area contributed by atoms with Gasteiger partial charge >= 0.3 is 0 Å². The van der Waals surface area contributed by atoms with Crippen LogP contribution in [-0.4, -0.2) is 56.0 Å². The van der Waals surface area contributed by atoms with E-state index >= 15 is 0 Å². The van der Waals surface area contributed by atoms with E-state index < -0.39 is 5.82 Å². The second-order valence-electron chi connectivity index (χ2n) is 7.00. The molecule has 1 aromatic carbocycles. The van der Waals surface area contributed by atoms with Gasteiger partial charge in [0.1, 0.15) is 11.6 Å². The average Bonchev–Trinajstić information content (AvgIpc) is 3.20. The molecule has 0 bridgehead atoms. The molecule has 8 heteroatoms. The lowest BCUT2D eigenvalue weighted by molar-refractivity contribution is -0.123. The van der Waals surface area contributed by atoms with Crippen LogP contribution < -0.4 is 15.4 Å². The summed E-state index contributed by atoms with van der Waals surface area (Å²) in [6.45, 7) is 2.57. The quantitative estimate of drug-likeness (QED) is 0.794. The van der Waals surface area contributed by atoms with Crippen LogP contribution in [0.1, 0.15) is 36.0 Å². The zero-order valence-electron chi connectivity index (χ0n) is 15.5. The number of ether oxygens (including phenoxy) is 1. The van der Waals surface area contributed by atoms with E-state index in [1.54, 1.807) is 11.0 Å². The monoisotopic (exact) mass is 399 g/mol. The summed E-state index contributed by atoms with van der Waals surface area (Å²) in [5.41, 5.74) is 0.0608. The Labute approximate surface area is 165 Å². The van der Waals surface area contributed by atoms with E-state index in [0.29, 0.717) is 25.4 Å². The normalized spacial score (nSPS) is 22.1. The number of carbonyl (C=O) groups is 2. The average molecular weight is 400 g/mol. The Morgan fingerprint density at radius 3 is 2.81 bits per heavy atom. The number of nitrogens with one attached hydrogen (secondary N) is 2. The Balaban J connectivity index is 0.00000261. The fourth-order valence-corrected chi connectivity index (χ4v) is 3.66. The van der Waals surface area contributed by atoms with E-state index in [1.165, 1.54) is 19.2 Å². The molecule has 0 spiro atoms. The first-order valence-electron chi connectivity index (χ1n) is 9.22. The Morgan fingerprint density at radius 2 is 2.15 bits per heavy atom. The van der Waals surface area contributed by atoms with Gasteiger partial charge in [-0.15, -0.1) is 12.4 Å². The molecular weight excluding hydrogens is 373 g/mol. The first-order chi connectivity index (χ1) is 12.6. The molecule has 0 saturated carbocycles. The number of methoxy groups -OCH3 is 1. The zero-order chi connectivity index (χ0) is 18.5. The molecule has 3 rings (SSSR count). The van der Waals surface area contributed by atoms with Gasteiger partial charge in [-0.05, 0) is 50.3 Å². The van der Waals surface area contributed by atoms with Crippen LogP contribution in [-0.2, 0) is 4.79 Å². The standard InChI is InChI=1S/C19H26FN3O3.ClH/c1-26-14-6-7-15(16(20)10-14)19(25)23-9-3-4-13(12-23)11-22-18(24)17-5-2-8-21-17;/h6-7,10,13,17,21H,2-5,8-9,11-12H2,1H3,(H,22,24);1H. The number of rotatable bonds is 5. The minimum Gasteiger partial charge on any atom is -0.497 e. The van der Waals surface area contributed by atoms with Crippen molar-refractivity contribution >= 4 is 24.2 Å². The summed E-state index contributed by atoms with van der Waals surface area (Å²) in [4.78, 5) is 26.5. The maximum atomic E-state index is 14.2. The van der Waals surface area contributed by atoms with Crippen molar-refractivity contribution in [1.82, 2.24) is 15.5 Å². The van der Waals surface area contributed by atoms with Gasteiger partial charge in [0.05, 0.1) is 18.7 Å². The number of piperidine rings is 1. The van der Waals surface area contributed by atoms with Crippen LogP contribution in [0.25, 0.3) is 0 Å². The number of hydrogen-bond donors (Lipinski definition) is 2. The Bertz CT molecular complexity index is 668. The minimum absolute atomic E-state index is 0. The van der Waals surface area contributed by atoms with Crippen molar-refractivity contribution in [2.75, 3.05) is 33.3 Å². The number of amides is 2. The summed E-state index contributed by atoms with van der Waals surface area (Å²) < 4.78 is 19.2. The third kappa shape index (κ3) is 5.32. The maximum absolute atomic E-state index is 14.2. The fraction of sp³-hybridized carbons (Fsp3) is 0.579. The molecular formula is C19H27ClFN3O3. The Kier molecular flexibility index (Phi) is 7.86. The van der Waals surface area contributed by atoms with E-state index in [2.05, 4.69) is 10.6 Å². The van der Waals surface area contributed by atoms with Gasteiger partial charge < -0.3 is 20.3 Å². The van der Waals surface area contributed by atoms with E-state index in [-0.39, 0.29) is 41.7 Å². The third-order valence-corrected chi connectivity index (χ3v) is 5.15. The van der Waals surface area contributed by atoms with Crippen LogP contribution in [0.2, 0.25) is 0 Å². The van der Waals surface area contributed by atoms with Crippen molar-refractivity contribution in [3.05, 3.63) is 29.6 Å². The van der Waals surface area contributed by atoms with Crippen molar-refractivity contribution in [2.24, 2.45) is 5.92 Å². The zero-order valence-corrected chi connectivity index (χ0v) is 16.3. The highest BCUT2D eigenvalue weighted by Crippen LogP contribution is 2.22.